The molecule has 0 saturated heterocycles. The Hall–Kier alpha value is -1.86. The molecule has 1 rings (SSSR count). The molecule has 0 amide bonds. The van der Waals surface area contributed by atoms with Crippen molar-refractivity contribution in [3.63, 3.8) is 0 Å². The standard InChI is InChI=1S/C10H10F4N2O2/c1-5(4-10(12,13)14)16-8-7(11)6(9(17)18)2-3-15-8/h2-3,5H,4H2,1H3,(H,15,16)(H,17,18). The molecular formula is C10H10F4N2O2. The normalized spacial score (nSPS) is 13.2. The number of hydrogen-bond acceptors (Lipinski definition) is 3. The van der Waals surface area contributed by atoms with Crippen LogP contribution in [0.2, 0.25) is 0 Å². The minimum absolute atomic E-state index is 0.508. The molecule has 0 spiro atoms. The lowest BCUT2D eigenvalue weighted by molar-refractivity contribution is -0.136. The number of pyridine rings is 1. The van der Waals surface area contributed by atoms with E-state index in [1.807, 2.05) is 0 Å². The van der Waals surface area contributed by atoms with Gasteiger partial charge in [0.25, 0.3) is 0 Å². The van der Waals surface area contributed by atoms with Crippen LogP contribution in [0.3, 0.4) is 0 Å². The van der Waals surface area contributed by atoms with Crippen molar-refractivity contribution in [3.05, 3.63) is 23.6 Å². The van der Waals surface area contributed by atoms with Crippen molar-refractivity contribution in [2.75, 3.05) is 5.32 Å². The second-order valence-electron chi connectivity index (χ2n) is 3.69. The number of hydrogen-bond donors (Lipinski definition) is 2. The Morgan fingerprint density at radius 3 is 2.67 bits per heavy atom. The molecule has 0 aliphatic carbocycles. The van der Waals surface area contributed by atoms with Crippen LogP contribution in [0.1, 0.15) is 23.7 Å². The number of nitrogens with zero attached hydrogens (tertiary/aromatic N) is 1. The molecule has 0 aromatic carbocycles. The van der Waals surface area contributed by atoms with Gasteiger partial charge in [-0.05, 0) is 13.0 Å². The molecule has 0 radical (unpaired) electrons. The highest BCUT2D eigenvalue weighted by Crippen LogP contribution is 2.24. The molecule has 1 unspecified atom stereocenters. The molecule has 1 aromatic heterocycles. The molecule has 0 aliphatic rings. The zero-order valence-electron chi connectivity index (χ0n) is 9.25. The van der Waals surface area contributed by atoms with Crippen molar-refractivity contribution in [1.82, 2.24) is 4.98 Å². The topological polar surface area (TPSA) is 62.2 Å². The van der Waals surface area contributed by atoms with E-state index in [-0.39, 0.29) is 0 Å². The molecule has 8 heteroatoms. The quantitative estimate of drug-likeness (QED) is 0.822. The first-order valence-electron chi connectivity index (χ1n) is 4.92. The van der Waals surface area contributed by atoms with E-state index in [1.165, 1.54) is 6.92 Å². The molecule has 18 heavy (non-hydrogen) atoms. The Bertz CT molecular complexity index is 448. The summed E-state index contributed by atoms with van der Waals surface area (Å²) in [5, 5.41) is 10.8. The van der Waals surface area contributed by atoms with Gasteiger partial charge in [-0.3, -0.25) is 0 Å². The van der Waals surface area contributed by atoms with Crippen molar-refractivity contribution >= 4 is 11.8 Å². The summed E-state index contributed by atoms with van der Waals surface area (Å²) in [5.74, 6) is -3.20. The van der Waals surface area contributed by atoms with Crippen LogP contribution in [-0.2, 0) is 0 Å². The Labute approximate surface area is 99.6 Å². The Morgan fingerprint density at radius 2 is 2.17 bits per heavy atom. The number of carboxylic acid groups (broad SMARTS) is 1. The predicted octanol–water partition coefficient (Wildman–Crippen LogP) is 2.67. The summed E-state index contributed by atoms with van der Waals surface area (Å²) in [6.07, 6.45) is -4.56. The highest BCUT2D eigenvalue weighted by atomic mass is 19.4. The molecule has 1 heterocycles. The number of rotatable bonds is 4. The Kier molecular flexibility index (Phi) is 4.10. The fourth-order valence-electron chi connectivity index (χ4n) is 1.34. The van der Waals surface area contributed by atoms with Crippen LogP contribution in [0.5, 0.6) is 0 Å². The second kappa shape index (κ2) is 5.19. The molecule has 100 valence electrons. The van der Waals surface area contributed by atoms with E-state index >= 15 is 0 Å². The zero-order valence-corrected chi connectivity index (χ0v) is 9.25. The van der Waals surface area contributed by atoms with Gasteiger partial charge in [-0.1, -0.05) is 0 Å². The fraction of sp³-hybridized carbons (Fsp3) is 0.400. The second-order valence-corrected chi connectivity index (χ2v) is 3.69. The van der Waals surface area contributed by atoms with Crippen LogP contribution < -0.4 is 5.32 Å². The van der Waals surface area contributed by atoms with Crippen molar-refractivity contribution in [1.29, 1.82) is 0 Å². The van der Waals surface area contributed by atoms with Gasteiger partial charge in [0.15, 0.2) is 11.6 Å². The first-order chi connectivity index (χ1) is 8.20. The lowest BCUT2D eigenvalue weighted by Gasteiger charge is -2.16. The summed E-state index contributed by atoms with van der Waals surface area (Å²) in [6, 6.07) is -0.187. The number of nitrogens with one attached hydrogen (secondary N) is 1. The number of alkyl halides is 3. The minimum atomic E-state index is -4.40. The van der Waals surface area contributed by atoms with Gasteiger partial charge in [0, 0.05) is 12.2 Å². The van der Waals surface area contributed by atoms with Gasteiger partial charge in [0.1, 0.15) is 5.56 Å². The van der Waals surface area contributed by atoms with E-state index in [2.05, 4.69) is 10.3 Å². The van der Waals surface area contributed by atoms with Gasteiger partial charge in [0.05, 0.1) is 6.42 Å². The number of carbonyl (C=O) groups is 1. The van der Waals surface area contributed by atoms with Crippen molar-refractivity contribution in [2.24, 2.45) is 0 Å². The maximum Gasteiger partial charge on any atom is 0.391 e. The number of aromatic carboxylic acids is 1. The maximum atomic E-state index is 13.5. The molecule has 1 atom stereocenters. The molecule has 4 nitrogen and oxygen atoms in total. The van der Waals surface area contributed by atoms with Crippen LogP contribution in [0.4, 0.5) is 23.4 Å². The summed E-state index contributed by atoms with van der Waals surface area (Å²) in [4.78, 5) is 14.1. The third-order valence-corrected chi connectivity index (χ3v) is 2.04. The third kappa shape index (κ3) is 3.86. The van der Waals surface area contributed by atoms with Crippen LogP contribution >= 0.6 is 0 Å². The smallest absolute Gasteiger partial charge is 0.391 e. The highest BCUT2D eigenvalue weighted by Gasteiger charge is 2.30. The van der Waals surface area contributed by atoms with Gasteiger partial charge >= 0.3 is 12.1 Å². The van der Waals surface area contributed by atoms with Gasteiger partial charge in [-0.15, -0.1) is 0 Å². The first kappa shape index (κ1) is 14.2. The van der Waals surface area contributed by atoms with Crippen LogP contribution in [0.25, 0.3) is 0 Å². The largest absolute Gasteiger partial charge is 0.478 e. The predicted molar refractivity (Wildman–Crippen MR) is 54.9 cm³/mol. The average Bonchev–Trinajstić information content (AvgIpc) is 2.17. The minimum Gasteiger partial charge on any atom is -0.478 e. The lowest BCUT2D eigenvalue weighted by Crippen LogP contribution is -2.25. The molecular weight excluding hydrogens is 256 g/mol. The van der Waals surface area contributed by atoms with Gasteiger partial charge < -0.3 is 10.4 Å². The summed E-state index contributed by atoms with van der Waals surface area (Å²) >= 11 is 0. The summed E-state index contributed by atoms with van der Waals surface area (Å²) in [7, 11) is 0. The monoisotopic (exact) mass is 266 g/mol. The van der Waals surface area contributed by atoms with E-state index in [9.17, 15) is 22.4 Å². The molecule has 0 aliphatic heterocycles. The number of anilines is 1. The van der Waals surface area contributed by atoms with Gasteiger partial charge in [-0.2, -0.15) is 13.2 Å². The first-order valence-corrected chi connectivity index (χ1v) is 4.92. The van der Waals surface area contributed by atoms with Crippen LogP contribution in [0, 0.1) is 5.82 Å². The summed E-state index contributed by atoms with van der Waals surface area (Å²) in [6.45, 7) is 1.20. The van der Waals surface area contributed by atoms with E-state index in [1.54, 1.807) is 0 Å². The molecule has 0 saturated carbocycles. The Morgan fingerprint density at radius 1 is 1.56 bits per heavy atom. The summed E-state index contributed by atoms with van der Waals surface area (Å²) < 4.78 is 49.7. The zero-order chi connectivity index (χ0) is 13.9. The maximum absolute atomic E-state index is 13.5. The van der Waals surface area contributed by atoms with E-state index in [0.717, 1.165) is 12.3 Å². The van der Waals surface area contributed by atoms with Crippen molar-refractivity contribution in [2.45, 2.75) is 25.6 Å². The molecule has 1 aromatic rings. The van der Waals surface area contributed by atoms with E-state index in [4.69, 9.17) is 5.11 Å². The van der Waals surface area contributed by atoms with Crippen LogP contribution in [0.15, 0.2) is 12.3 Å². The Balaban J connectivity index is 2.85. The average molecular weight is 266 g/mol. The molecule has 0 bridgehead atoms. The molecule has 2 N–H and O–H groups in total. The van der Waals surface area contributed by atoms with E-state index < -0.39 is 41.8 Å². The van der Waals surface area contributed by atoms with Crippen LogP contribution in [-0.4, -0.2) is 28.3 Å². The van der Waals surface area contributed by atoms with E-state index in [0.29, 0.717) is 0 Å². The van der Waals surface area contributed by atoms with Crippen molar-refractivity contribution in [3.8, 4) is 0 Å². The fourth-order valence-corrected chi connectivity index (χ4v) is 1.34. The molecule has 0 fully saturated rings. The van der Waals surface area contributed by atoms with Gasteiger partial charge in [-0.25, -0.2) is 14.2 Å². The van der Waals surface area contributed by atoms with Crippen molar-refractivity contribution < 1.29 is 27.5 Å². The SMILES string of the molecule is CC(CC(F)(F)F)Nc1nccc(C(=O)O)c1F. The van der Waals surface area contributed by atoms with Gasteiger partial charge in [0.2, 0.25) is 0 Å². The summed E-state index contributed by atoms with van der Waals surface area (Å²) in [5.41, 5.74) is -0.647. The number of carboxylic acids is 1. The highest BCUT2D eigenvalue weighted by molar-refractivity contribution is 5.88. The lowest BCUT2D eigenvalue weighted by atomic mass is 10.2. The number of aromatic nitrogens is 1. The number of halogens is 4. The third-order valence-electron chi connectivity index (χ3n) is 2.04.